The molecule has 4 saturated carbocycles. The first kappa shape index (κ1) is 55.3. The lowest BCUT2D eigenvalue weighted by Gasteiger charge is -2.71. The third kappa shape index (κ3) is 8.87. The maximum Gasteiger partial charge on any atom is 0.310 e. The second kappa shape index (κ2) is 19.7. The van der Waals surface area contributed by atoms with Gasteiger partial charge in [0.25, 0.3) is 0 Å². The average molecular weight is 1030 g/mol. The van der Waals surface area contributed by atoms with Gasteiger partial charge in [0.15, 0.2) is 25.2 Å². The highest BCUT2D eigenvalue weighted by molar-refractivity contribution is 5.76. The molecule has 0 radical (unpaired) electrons. The van der Waals surface area contributed by atoms with Gasteiger partial charge in [0, 0.05) is 0 Å². The van der Waals surface area contributed by atoms with Crippen LogP contribution in [0.3, 0.4) is 0 Å². The Bertz CT molecular complexity index is 1990. The van der Waals surface area contributed by atoms with Gasteiger partial charge in [-0.15, -0.1) is 0 Å². The number of carboxylic acids is 1. The monoisotopic (exact) mass is 1030 g/mol. The summed E-state index contributed by atoms with van der Waals surface area (Å²) in [7, 11) is 0. The molecule has 0 spiro atoms. The highest BCUT2D eigenvalue weighted by Gasteiger charge is 2.70. The van der Waals surface area contributed by atoms with Crippen molar-refractivity contribution < 1.29 is 98.9 Å². The van der Waals surface area contributed by atoms with Crippen molar-refractivity contribution in [1.82, 2.24) is 0 Å². The van der Waals surface area contributed by atoms with Crippen LogP contribution in [-0.4, -0.2) is 199 Å². The zero-order chi connectivity index (χ0) is 52.4. The number of allylic oxidation sites excluding steroid dienone is 2. The molecule has 20 nitrogen and oxygen atoms in total. The van der Waals surface area contributed by atoms with E-state index in [-0.39, 0.29) is 46.2 Å². The minimum absolute atomic E-state index is 0.0208. The number of aliphatic hydroxyl groups excluding tert-OH is 10. The smallest absolute Gasteiger partial charge is 0.310 e. The quantitative estimate of drug-likeness (QED) is 0.107. The Morgan fingerprint density at radius 1 is 0.639 bits per heavy atom. The molecule has 5 aliphatic carbocycles. The van der Waals surface area contributed by atoms with E-state index >= 15 is 0 Å². The second-order valence-corrected chi connectivity index (χ2v) is 25.4. The van der Waals surface area contributed by atoms with Crippen molar-refractivity contribution in [1.29, 1.82) is 0 Å². The van der Waals surface area contributed by atoms with E-state index in [0.29, 0.717) is 25.2 Å². The van der Waals surface area contributed by atoms with E-state index in [0.717, 1.165) is 44.9 Å². The fourth-order valence-electron chi connectivity index (χ4n) is 16.0. The number of aliphatic hydroxyl groups is 10. The molecular weight excluding hydrogens is 945 g/mol. The molecule has 11 N–H and O–H groups in total. The molecule has 0 aromatic heterocycles. The molecule has 20 heteroatoms. The van der Waals surface area contributed by atoms with Gasteiger partial charge in [0.05, 0.1) is 37.4 Å². The van der Waals surface area contributed by atoms with Gasteiger partial charge < -0.3 is 94.1 Å². The van der Waals surface area contributed by atoms with Gasteiger partial charge in [0.1, 0.15) is 79.4 Å². The van der Waals surface area contributed by atoms with E-state index in [2.05, 4.69) is 54.5 Å². The summed E-state index contributed by atoms with van der Waals surface area (Å²) >= 11 is 0. The Morgan fingerprint density at radius 2 is 1.29 bits per heavy atom. The van der Waals surface area contributed by atoms with E-state index in [4.69, 9.17) is 37.9 Å². The molecule has 8 fully saturated rings. The van der Waals surface area contributed by atoms with Crippen LogP contribution in [0.4, 0.5) is 0 Å². The first-order valence-corrected chi connectivity index (χ1v) is 26.5. The number of hydrogen-bond acceptors (Lipinski definition) is 19. The van der Waals surface area contributed by atoms with E-state index in [1.54, 1.807) is 0 Å². The van der Waals surface area contributed by atoms with Crippen LogP contribution in [0.15, 0.2) is 11.6 Å². The molecule has 0 amide bonds. The van der Waals surface area contributed by atoms with Gasteiger partial charge in [-0.25, -0.2) is 0 Å². The van der Waals surface area contributed by atoms with Gasteiger partial charge in [-0.2, -0.15) is 0 Å². The summed E-state index contributed by atoms with van der Waals surface area (Å²) in [6.45, 7) is 16.4. The number of aliphatic carboxylic acids is 1. The van der Waals surface area contributed by atoms with Crippen molar-refractivity contribution in [3.05, 3.63) is 11.6 Å². The lowest BCUT2D eigenvalue weighted by atomic mass is 9.33. The van der Waals surface area contributed by atoms with E-state index in [9.17, 15) is 61.0 Å². The van der Waals surface area contributed by atoms with Crippen LogP contribution in [-0.2, 0) is 42.7 Å². The standard InChI is InChI=1S/C52H84O20/c1-23-32(55)40(71-42-37(60)35(58)28(22-66-42)69-43-38(61)36(59)34(57)27(20-53)68-43)39(62)44(67-23)72-41-33(56)26(54)21-65-45(41)70-31-12-13-49(6)29(48(31,4)5)11-14-51(8)30(49)10-9-24-25-19-47(2,3)15-17-52(25,46(63)64)18-16-50(24,51)7/h9,23,25-45,53-62H,10-22H2,1-8H3,(H,63,64)/t23-,25+,26-,27+,28+,29-,30+,31+,32-,33-,34+,35-,36-,37+,38+,39+,40+,41+,42-,43-,44-,45-,49-,50+,51+,52+/m0/s1. The number of ether oxygens (including phenoxy) is 8. The summed E-state index contributed by atoms with van der Waals surface area (Å²) in [6.07, 6.45) is -17.4. The summed E-state index contributed by atoms with van der Waals surface area (Å²) < 4.78 is 47.8. The number of rotatable bonds is 10. The van der Waals surface area contributed by atoms with Crippen molar-refractivity contribution in [2.45, 2.75) is 236 Å². The molecule has 9 rings (SSSR count). The zero-order valence-electron chi connectivity index (χ0n) is 43.1. The minimum Gasteiger partial charge on any atom is -0.481 e. The first-order chi connectivity index (χ1) is 33.7. The van der Waals surface area contributed by atoms with Crippen LogP contribution in [0.5, 0.6) is 0 Å². The summed E-state index contributed by atoms with van der Waals surface area (Å²) in [5, 5.41) is 119. The van der Waals surface area contributed by atoms with E-state index in [1.165, 1.54) is 12.5 Å². The zero-order valence-corrected chi connectivity index (χ0v) is 43.1. The number of fused-ring (bicyclic) bond motifs is 7. The van der Waals surface area contributed by atoms with Crippen molar-refractivity contribution in [3.8, 4) is 0 Å². The third-order valence-electron chi connectivity index (χ3n) is 20.7. The third-order valence-corrected chi connectivity index (χ3v) is 20.7. The maximum absolute atomic E-state index is 13.2. The first-order valence-electron chi connectivity index (χ1n) is 26.5. The molecule has 0 unspecified atom stereocenters. The molecule has 26 atom stereocenters. The van der Waals surface area contributed by atoms with Crippen LogP contribution < -0.4 is 0 Å². The maximum atomic E-state index is 13.2. The van der Waals surface area contributed by atoms with Crippen molar-refractivity contribution in [2.75, 3.05) is 19.8 Å². The normalized spacial score (nSPS) is 54.3. The summed E-state index contributed by atoms with van der Waals surface area (Å²) in [5.74, 6) is -0.0524. The predicted molar refractivity (Wildman–Crippen MR) is 250 cm³/mol. The van der Waals surface area contributed by atoms with Gasteiger partial charge in [-0.05, 0) is 116 Å². The Hall–Kier alpha value is -1.51. The van der Waals surface area contributed by atoms with Crippen molar-refractivity contribution >= 4 is 5.97 Å². The van der Waals surface area contributed by atoms with Crippen LogP contribution >= 0.6 is 0 Å². The Labute approximate surface area is 421 Å². The predicted octanol–water partition coefficient (Wildman–Crippen LogP) is 0.836. The van der Waals surface area contributed by atoms with Crippen LogP contribution in [0, 0.1) is 50.2 Å². The fraction of sp³-hybridized carbons (Fsp3) is 0.942. The molecule has 4 aliphatic heterocycles. The number of carboxylic acid groups (broad SMARTS) is 1. The lowest BCUT2D eigenvalue weighted by molar-refractivity contribution is -0.382. The van der Waals surface area contributed by atoms with Crippen LogP contribution in [0.2, 0.25) is 0 Å². The molecule has 4 heterocycles. The molecule has 4 saturated heterocycles. The van der Waals surface area contributed by atoms with Crippen LogP contribution in [0.1, 0.15) is 120 Å². The Kier molecular flexibility index (Phi) is 15.2. The van der Waals surface area contributed by atoms with Crippen molar-refractivity contribution in [2.24, 2.45) is 50.2 Å². The number of hydrogen-bond donors (Lipinski definition) is 11. The Morgan fingerprint density at radius 3 is 1.99 bits per heavy atom. The summed E-state index contributed by atoms with van der Waals surface area (Å²) in [5.41, 5.74) is 0.0683. The summed E-state index contributed by atoms with van der Waals surface area (Å²) in [6, 6.07) is 0. The van der Waals surface area contributed by atoms with Gasteiger partial charge in [-0.1, -0.05) is 60.1 Å². The molecule has 412 valence electrons. The Balaban J connectivity index is 0.874. The van der Waals surface area contributed by atoms with Crippen LogP contribution in [0.25, 0.3) is 0 Å². The summed E-state index contributed by atoms with van der Waals surface area (Å²) in [4.78, 5) is 13.2. The van der Waals surface area contributed by atoms with Gasteiger partial charge in [-0.3, -0.25) is 4.79 Å². The average Bonchev–Trinajstić information content (AvgIpc) is 3.32. The number of carbonyl (C=O) groups is 1. The molecule has 0 aromatic carbocycles. The van der Waals surface area contributed by atoms with E-state index in [1.807, 2.05) is 0 Å². The minimum atomic E-state index is -1.86. The largest absolute Gasteiger partial charge is 0.481 e. The fourth-order valence-corrected chi connectivity index (χ4v) is 16.0. The highest BCUT2D eigenvalue weighted by atomic mass is 16.8. The topological polar surface area (TPSA) is 313 Å². The lowest BCUT2D eigenvalue weighted by Crippen LogP contribution is -2.66. The highest BCUT2D eigenvalue weighted by Crippen LogP contribution is 2.76. The molecule has 9 aliphatic rings. The van der Waals surface area contributed by atoms with Gasteiger partial charge in [0.2, 0.25) is 0 Å². The van der Waals surface area contributed by atoms with Crippen molar-refractivity contribution in [3.63, 3.8) is 0 Å². The van der Waals surface area contributed by atoms with Gasteiger partial charge >= 0.3 is 5.97 Å². The molecule has 72 heavy (non-hydrogen) atoms. The molecule has 0 bridgehead atoms. The second-order valence-electron chi connectivity index (χ2n) is 25.4. The van der Waals surface area contributed by atoms with E-state index < -0.39 is 141 Å². The molecular formula is C52H84O20. The molecule has 0 aromatic rings. The SMILES string of the molecule is C[C@@H]1O[C@@H](O[C@H]2[C@H](O[C@@H]3CC[C@]4(C)[C@H]5CC=C6[C@H]7CC(C)(C)CC[C@@]7(C(=O)O)CC[C@@]6(C)[C@]5(C)CC[C@H]4C3(C)C)OC[C@H](O)[C@@H]2O)[C@H](O)[C@H](O[C@@H]2OC[C@@H](O[C@@H]3O[C@H](CO)[C@@H](O)[C@H](O)[C@H]3O)[C@H](O)[C@H]2O)[C@H]1O.